The van der Waals surface area contributed by atoms with E-state index in [2.05, 4.69) is 4.98 Å². The van der Waals surface area contributed by atoms with Gasteiger partial charge >= 0.3 is 0 Å². The molecule has 0 saturated heterocycles. The van der Waals surface area contributed by atoms with Crippen molar-refractivity contribution in [3.63, 3.8) is 0 Å². The maximum Gasteiger partial charge on any atom is 0.161 e. The Hall–Kier alpha value is -2.75. The van der Waals surface area contributed by atoms with Crippen LogP contribution in [0.15, 0.2) is 54.6 Å². The van der Waals surface area contributed by atoms with E-state index in [9.17, 15) is 9.18 Å². The minimum absolute atomic E-state index is 0.0701. The predicted molar refractivity (Wildman–Crippen MR) is 87.3 cm³/mol. The number of Topliss-reactive ketones (excluding diaryl/α,β-unsaturated/α-hetero) is 1. The van der Waals surface area contributed by atoms with Gasteiger partial charge in [-0.25, -0.2) is 4.39 Å². The number of aromatic nitrogens is 1. The van der Waals surface area contributed by atoms with E-state index in [1.165, 1.54) is 24.3 Å². The van der Waals surface area contributed by atoms with Crippen molar-refractivity contribution < 1.29 is 9.18 Å². The highest BCUT2D eigenvalue weighted by Gasteiger charge is 2.06. The van der Waals surface area contributed by atoms with E-state index < -0.39 is 0 Å². The van der Waals surface area contributed by atoms with Crippen molar-refractivity contribution in [1.82, 2.24) is 4.98 Å². The van der Waals surface area contributed by atoms with Crippen molar-refractivity contribution in [2.75, 3.05) is 5.73 Å². The third-order valence-corrected chi connectivity index (χ3v) is 3.16. The zero-order valence-corrected chi connectivity index (χ0v) is 12.5. The molecule has 0 unspecified atom stereocenters. The fourth-order valence-corrected chi connectivity index (χ4v) is 2.03. The molecule has 112 valence electrons. The quantitative estimate of drug-likeness (QED) is 0.542. The third kappa shape index (κ3) is 3.88. The number of carbonyl (C=O) groups excluding carboxylic acids is 1. The van der Waals surface area contributed by atoms with Crippen LogP contribution in [0.5, 0.6) is 0 Å². The molecule has 0 bridgehead atoms. The molecule has 0 aliphatic rings. The molecule has 0 saturated carbocycles. The van der Waals surface area contributed by atoms with Crippen molar-refractivity contribution in [3.05, 3.63) is 71.7 Å². The van der Waals surface area contributed by atoms with E-state index in [1.54, 1.807) is 6.92 Å². The summed E-state index contributed by atoms with van der Waals surface area (Å²) in [5, 5.41) is 1.02. The van der Waals surface area contributed by atoms with E-state index >= 15 is 0 Å². The number of halogens is 1. The van der Waals surface area contributed by atoms with Gasteiger partial charge in [0.25, 0.3) is 0 Å². The molecule has 0 fully saturated rings. The molecule has 3 rings (SSSR count). The summed E-state index contributed by atoms with van der Waals surface area (Å²) in [4.78, 5) is 15.6. The Labute approximate surface area is 128 Å². The first-order valence-electron chi connectivity index (χ1n) is 6.86. The summed E-state index contributed by atoms with van der Waals surface area (Å²) in [5.41, 5.74) is 8.30. The van der Waals surface area contributed by atoms with Crippen LogP contribution >= 0.6 is 0 Å². The Morgan fingerprint density at radius 3 is 2.32 bits per heavy atom. The number of pyridine rings is 1. The fourth-order valence-electron chi connectivity index (χ4n) is 2.03. The Morgan fingerprint density at radius 2 is 1.73 bits per heavy atom. The van der Waals surface area contributed by atoms with Crippen LogP contribution in [-0.4, -0.2) is 10.8 Å². The lowest BCUT2D eigenvalue weighted by Gasteiger charge is -2.03. The molecule has 0 radical (unpaired) electrons. The molecular weight excluding hydrogens is 279 g/mol. The van der Waals surface area contributed by atoms with Gasteiger partial charge in [-0.2, -0.15) is 0 Å². The van der Waals surface area contributed by atoms with Crippen molar-refractivity contribution >= 4 is 22.4 Å². The van der Waals surface area contributed by atoms with Gasteiger partial charge < -0.3 is 5.73 Å². The summed E-state index contributed by atoms with van der Waals surface area (Å²) in [6, 6.07) is 15.4. The standard InChI is InChI=1S/C12H11NO.C6H6FN/c1-8-11(9(2)14)7-10-5-3-4-6-12(10)13-8;7-5-1-3-6(8)4-2-5/h3-7H,1-2H3;1-4H,8H2. The van der Waals surface area contributed by atoms with Gasteiger partial charge in [-0.05, 0) is 50.2 Å². The number of benzene rings is 2. The number of hydrogen-bond acceptors (Lipinski definition) is 3. The minimum Gasteiger partial charge on any atom is -0.399 e. The summed E-state index contributed by atoms with van der Waals surface area (Å²) in [5.74, 6) is -0.181. The van der Waals surface area contributed by atoms with Gasteiger partial charge in [0.1, 0.15) is 5.82 Å². The molecule has 1 aromatic heterocycles. The maximum absolute atomic E-state index is 12.0. The smallest absolute Gasteiger partial charge is 0.161 e. The largest absolute Gasteiger partial charge is 0.399 e. The second-order valence-electron chi connectivity index (χ2n) is 4.92. The molecule has 0 amide bonds. The van der Waals surface area contributed by atoms with Gasteiger partial charge in [-0.15, -0.1) is 0 Å². The van der Waals surface area contributed by atoms with Crippen LogP contribution in [0.2, 0.25) is 0 Å². The number of nitrogen functional groups attached to an aromatic ring is 1. The van der Waals surface area contributed by atoms with Crippen LogP contribution in [-0.2, 0) is 0 Å². The van der Waals surface area contributed by atoms with Crippen LogP contribution in [0.4, 0.5) is 10.1 Å². The minimum atomic E-state index is -0.251. The first-order chi connectivity index (χ1) is 10.5. The average molecular weight is 296 g/mol. The van der Waals surface area contributed by atoms with Gasteiger partial charge in [0, 0.05) is 22.3 Å². The van der Waals surface area contributed by atoms with Crippen LogP contribution in [0.3, 0.4) is 0 Å². The molecule has 3 nitrogen and oxygen atoms in total. The summed E-state index contributed by atoms with van der Waals surface area (Å²) in [6.45, 7) is 3.43. The summed E-state index contributed by atoms with van der Waals surface area (Å²) < 4.78 is 12.0. The summed E-state index contributed by atoms with van der Waals surface area (Å²) in [6.07, 6.45) is 0. The van der Waals surface area contributed by atoms with Crippen molar-refractivity contribution in [3.8, 4) is 0 Å². The average Bonchev–Trinajstić information content (AvgIpc) is 2.50. The monoisotopic (exact) mass is 296 g/mol. The highest BCUT2D eigenvalue weighted by atomic mass is 19.1. The Balaban J connectivity index is 0.000000188. The summed E-state index contributed by atoms with van der Waals surface area (Å²) in [7, 11) is 0. The lowest BCUT2D eigenvalue weighted by atomic mass is 10.1. The molecular formula is C18H17FN2O. The van der Waals surface area contributed by atoms with Gasteiger partial charge in [-0.3, -0.25) is 9.78 Å². The van der Waals surface area contributed by atoms with Gasteiger partial charge in [0.05, 0.1) is 5.52 Å². The molecule has 3 aromatic rings. The zero-order chi connectivity index (χ0) is 16.1. The lowest BCUT2D eigenvalue weighted by Crippen LogP contribution is -1.98. The second kappa shape index (κ2) is 6.80. The van der Waals surface area contributed by atoms with Crippen molar-refractivity contribution in [2.45, 2.75) is 13.8 Å². The van der Waals surface area contributed by atoms with E-state index in [0.717, 1.165) is 16.6 Å². The number of fused-ring (bicyclic) bond motifs is 1. The molecule has 22 heavy (non-hydrogen) atoms. The molecule has 0 atom stereocenters. The van der Waals surface area contributed by atoms with Crippen LogP contribution in [0.1, 0.15) is 23.0 Å². The molecule has 0 aliphatic heterocycles. The SMILES string of the molecule is CC(=O)c1cc2ccccc2nc1C.Nc1ccc(F)cc1. The zero-order valence-electron chi connectivity index (χ0n) is 12.5. The van der Waals surface area contributed by atoms with E-state index in [0.29, 0.717) is 11.3 Å². The van der Waals surface area contributed by atoms with Crippen LogP contribution in [0, 0.1) is 12.7 Å². The number of anilines is 1. The summed E-state index contributed by atoms with van der Waals surface area (Å²) >= 11 is 0. The number of ketones is 1. The topological polar surface area (TPSA) is 56.0 Å². The number of para-hydroxylation sites is 1. The van der Waals surface area contributed by atoms with E-state index in [1.807, 2.05) is 37.3 Å². The first-order valence-corrected chi connectivity index (χ1v) is 6.86. The first kappa shape index (κ1) is 15.6. The normalized spacial score (nSPS) is 9.95. The highest BCUT2D eigenvalue weighted by Crippen LogP contribution is 2.16. The number of carbonyl (C=O) groups is 1. The molecule has 2 N–H and O–H groups in total. The highest BCUT2D eigenvalue weighted by molar-refractivity contribution is 5.98. The maximum atomic E-state index is 12.0. The van der Waals surface area contributed by atoms with Crippen molar-refractivity contribution in [1.29, 1.82) is 0 Å². The number of nitrogens with zero attached hydrogens (tertiary/aromatic N) is 1. The van der Waals surface area contributed by atoms with Crippen LogP contribution in [0.25, 0.3) is 10.9 Å². The predicted octanol–water partition coefficient (Wildman–Crippen LogP) is 4.15. The Kier molecular flexibility index (Phi) is 4.84. The Bertz CT molecular complexity index is 777. The number of rotatable bonds is 1. The van der Waals surface area contributed by atoms with Crippen LogP contribution < -0.4 is 5.73 Å². The number of aryl methyl sites for hydroxylation is 1. The second-order valence-corrected chi connectivity index (χ2v) is 4.92. The molecule has 4 heteroatoms. The van der Waals surface area contributed by atoms with Crippen molar-refractivity contribution in [2.24, 2.45) is 0 Å². The fraction of sp³-hybridized carbons (Fsp3) is 0.111. The van der Waals surface area contributed by atoms with Gasteiger partial charge in [0.2, 0.25) is 0 Å². The van der Waals surface area contributed by atoms with Gasteiger partial charge in [-0.1, -0.05) is 18.2 Å². The molecule has 2 aromatic carbocycles. The Morgan fingerprint density at radius 1 is 1.09 bits per heavy atom. The molecule has 0 aliphatic carbocycles. The van der Waals surface area contributed by atoms with E-state index in [-0.39, 0.29) is 11.6 Å². The molecule has 0 spiro atoms. The lowest BCUT2D eigenvalue weighted by molar-refractivity contribution is 0.101. The molecule has 1 heterocycles. The van der Waals surface area contributed by atoms with Gasteiger partial charge in [0.15, 0.2) is 5.78 Å². The number of hydrogen-bond donors (Lipinski definition) is 1. The number of nitrogens with two attached hydrogens (primary N) is 1. The third-order valence-electron chi connectivity index (χ3n) is 3.16. The van der Waals surface area contributed by atoms with E-state index in [4.69, 9.17) is 5.73 Å².